The van der Waals surface area contributed by atoms with E-state index < -0.39 is 0 Å². The van der Waals surface area contributed by atoms with E-state index in [4.69, 9.17) is 9.47 Å². The summed E-state index contributed by atoms with van der Waals surface area (Å²) in [6, 6.07) is 21.4. The van der Waals surface area contributed by atoms with Gasteiger partial charge in [-0.2, -0.15) is 0 Å². The minimum atomic E-state index is 0.146. The van der Waals surface area contributed by atoms with E-state index >= 15 is 0 Å². The second kappa shape index (κ2) is 8.53. The minimum Gasteiger partial charge on any atom is -0.491 e. The quantitative estimate of drug-likeness (QED) is 0.651. The minimum absolute atomic E-state index is 0.146. The van der Waals surface area contributed by atoms with Gasteiger partial charge in [-0.3, -0.25) is 0 Å². The van der Waals surface area contributed by atoms with Crippen LogP contribution in [-0.4, -0.2) is 32.4 Å². The first kappa shape index (κ1) is 18.6. The van der Waals surface area contributed by atoms with Gasteiger partial charge in [0.1, 0.15) is 5.75 Å². The van der Waals surface area contributed by atoms with Crippen LogP contribution in [0.3, 0.4) is 0 Å². The van der Waals surface area contributed by atoms with Gasteiger partial charge in [-0.15, -0.1) is 0 Å². The standard InChI is InChI=1S/C24H28N2O2/c1-18(2)28-24-12-7-19-5-3-4-6-22(19)23(24)17-25-20-8-10-21(11-9-20)26-13-15-27-16-14-26/h3-12,18,25H,13-17H2,1-2H3. The summed E-state index contributed by atoms with van der Waals surface area (Å²) in [6.07, 6.45) is 0.146. The molecule has 4 rings (SSSR count). The lowest BCUT2D eigenvalue weighted by molar-refractivity contribution is 0.122. The summed E-state index contributed by atoms with van der Waals surface area (Å²) in [4.78, 5) is 2.37. The van der Waals surface area contributed by atoms with Crippen molar-refractivity contribution in [1.82, 2.24) is 0 Å². The zero-order valence-corrected chi connectivity index (χ0v) is 16.7. The molecule has 3 aromatic carbocycles. The molecule has 0 unspecified atom stereocenters. The molecule has 0 amide bonds. The van der Waals surface area contributed by atoms with Crippen LogP contribution in [0.2, 0.25) is 0 Å². The number of hydrogen-bond acceptors (Lipinski definition) is 4. The molecule has 1 fully saturated rings. The average molecular weight is 377 g/mol. The van der Waals surface area contributed by atoms with Crippen molar-refractivity contribution in [2.45, 2.75) is 26.5 Å². The summed E-state index contributed by atoms with van der Waals surface area (Å²) in [5.74, 6) is 0.950. The summed E-state index contributed by atoms with van der Waals surface area (Å²) in [5, 5.41) is 6.04. The lowest BCUT2D eigenvalue weighted by Crippen LogP contribution is -2.36. The highest BCUT2D eigenvalue weighted by Crippen LogP contribution is 2.30. The zero-order chi connectivity index (χ0) is 19.3. The molecule has 1 aliphatic rings. The summed E-state index contributed by atoms with van der Waals surface area (Å²) < 4.78 is 11.5. The van der Waals surface area contributed by atoms with E-state index in [-0.39, 0.29) is 6.10 Å². The number of nitrogens with one attached hydrogen (secondary N) is 1. The van der Waals surface area contributed by atoms with Gasteiger partial charge >= 0.3 is 0 Å². The summed E-state index contributed by atoms with van der Waals surface area (Å²) >= 11 is 0. The van der Waals surface area contributed by atoms with E-state index in [9.17, 15) is 0 Å². The fourth-order valence-corrected chi connectivity index (χ4v) is 3.66. The molecule has 28 heavy (non-hydrogen) atoms. The third kappa shape index (κ3) is 4.23. The van der Waals surface area contributed by atoms with E-state index in [0.717, 1.165) is 44.3 Å². The number of nitrogens with zero attached hydrogens (tertiary/aromatic N) is 1. The lowest BCUT2D eigenvalue weighted by Gasteiger charge is -2.29. The number of anilines is 2. The van der Waals surface area contributed by atoms with Crippen molar-refractivity contribution < 1.29 is 9.47 Å². The Bertz CT molecular complexity index is 916. The molecule has 1 saturated heterocycles. The number of benzene rings is 3. The first-order valence-corrected chi connectivity index (χ1v) is 10.0. The Morgan fingerprint density at radius 2 is 1.71 bits per heavy atom. The normalized spacial score (nSPS) is 14.5. The van der Waals surface area contributed by atoms with Crippen molar-refractivity contribution in [1.29, 1.82) is 0 Å². The summed E-state index contributed by atoms with van der Waals surface area (Å²) in [5.41, 5.74) is 3.56. The third-order valence-corrected chi connectivity index (χ3v) is 5.07. The van der Waals surface area contributed by atoms with Crippen LogP contribution in [0.25, 0.3) is 10.8 Å². The van der Waals surface area contributed by atoms with Gasteiger partial charge in [-0.25, -0.2) is 0 Å². The maximum absolute atomic E-state index is 6.08. The van der Waals surface area contributed by atoms with Crippen LogP contribution >= 0.6 is 0 Å². The molecular weight excluding hydrogens is 348 g/mol. The molecule has 0 bridgehead atoms. The van der Waals surface area contributed by atoms with Crippen LogP contribution < -0.4 is 15.0 Å². The first-order chi connectivity index (χ1) is 13.7. The molecule has 0 spiro atoms. The number of morpholine rings is 1. The van der Waals surface area contributed by atoms with Crippen LogP contribution in [0.1, 0.15) is 19.4 Å². The fourth-order valence-electron chi connectivity index (χ4n) is 3.66. The van der Waals surface area contributed by atoms with Crippen LogP contribution in [0.5, 0.6) is 5.75 Å². The highest BCUT2D eigenvalue weighted by Gasteiger charge is 2.12. The van der Waals surface area contributed by atoms with Crippen molar-refractivity contribution in [3.8, 4) is 5.75 Å². The van der Waals surface area contributed by atoms with Gasteiger partial charge in [-0.1, -0.05) is 30.3 Å². The van der Waals surface area contributed by atoms with E-state index in [0.29, 0.717) is 0 Å². The number of hydrogen-bond donors (Lipinski definition) is 1. The zero-order valence-electron chi connectivity index (χ0n) is 16.7. The monoisotopic (exact) mass is 376 g/mol. The smallest absolute Gasteiger partial charge is 0.125 e. The maximum atomic E-state index is 6.08. The topological polar surface area (TPSA) is 33.7 Å². The highest BCUT2D eigenvalue weighted by atomic mass is 16.5. The lowest BCUT2D eigenvalue weighted by atomic mass is 10.0. The molecule has 0 aromatic heterocycles. The Hall–Kier alpha value is -2.72. The average Bonchev–Trinajstić information content (AvgIpc) is 2.73. The third-order valence-electron chi connectivity index (χ3n) is 5.07. The Balaban J connectivity index is 1.53. The summed E-state index contributed by atoms with van der Waals surface area (Å²) in [6.45, 7) is 8.38. The van der Waals surface area contributed by atoms with Gasteiger partial charge in [0, 0.05) is 36.6 Å². The Labute approximate surface area is 167 Å². The number of rotatable bonds is 6. The van der Waals surface area contributed by atoms with Crippen LogP contribution in [0, 0.1) is 0 Å². The SMILES string of the molecule is CC(C)Oc1ccc2ccccc2c1CNc1ccc(N2CCOCC2)cc1. The van der Waals surface area contributed by atoms with Crippen LogP contribution in [-0.2, 0) is 11.3 Å². The second-order valence-corrected chi connectivity index (χ2v) is 7.43. The Morgan fingerprint density at radius 1 is 0.964 bits per heavy atom. The van der Waals surface area contributed by atoms with Gasteiger partial charge in [0.15, 0.2) is 0 Å². The molecule has 3 aromatic rings. The molecule has 146 valence electrons. The first-order valence-electron chi connectivity index (χ1n) is 10.0. The second-order valence-electron chi connectivity index (χ2n) is 7.43. The molecule has 4 nitrogen and oxygen atoms in total. The highest BCUT2D eigenvalue weighted by molar-refractivity contribution is 5.88. The van der Waals surface area contributed by atoms with Crippen molar-refractivity contribution in [3.63, 3.8) is 0 Å². The maximum Gasteiger partial charge on any atom is 0.125 e. The van der Waals surface area contributed by atoms with Crippen molar-refractivity contribution in [2.24, 2.45) is 0 Å². The van der Waals surface area contributed by atoms with E-state index in [1.165, 1.54) is 22.0 Å². The number of ether oxygens (including phenoxy) is 2. The van der Waals surface area contributed by atoms with Gasteiger partial charge in [0.2, 0.25) is 0 Å². The molecule has 4 heteroatoms. The van der Waals surface area contributed by atoms with Gasteiger partial charge in [0.05, 0.1) is 19.3 Å². The summed E-state index contributed by atoms with van der Waals surface area (Å²) in [7, 11) is 0. The van der Waals surface area contributed by atoms with Crippen molar-refractivity contribution in [3.05, 3.63) is 66.2 Å². The van der Waals surface area contributed by atoms with E-state index in [1.807, 2.05) is 0 Å². The predicted molar refractivity (Wildman–Crippen MR) is 117 cm³/mol. The molecule has 1 aliphatic heterocycles. The van der Waals surface area contributed by atoms with Gasteiger partial charge in [0.25, 0.3) is 0 Å². The predicted octanol–water partition coefficient (Wildman–Crippen LogP) is 5.08. The van der Waals surface area contributed by atoms with Crippen LogP contribution in [0.15, 0.2) is 60.7 Å². The molecule has 1 N–H and O–H groups in total. The van der Waals surface area contributed by atoms with Gasteiger partial charge in [-0.05, 0) is 55.0 Å². The van der Waals surface area contributed by atoms with Crippen LogP contribution in [0.4, 0.5) is 11.4 Å². The molecule has 0 atom stereocenters. The Morgan fingerprint density at radius 3 is 2.46 bits per heavy atom. The van der Waals surface area contributed by atoms with Gasteiger partial charge < -0.3 is 19.7 Å². The fraction of sp³-hybridized carbons (Fsp3) is 0.333. The molecular formula is C24H28N2O2. The molecule has 0 aliphatic carbocycles. The van der Waals surface area contributed by atoms with Crippen molar-refractivity contribution >= 4 is 22.1 Å². The van der Waals surface area contributed by atoms with Crippen molar-refractivity contribution in [2.75, 3.05) is 36.5 Å². The van der Waals surface area contributed by atoms with E-state index in [1.54, 1.807) is 0 Å². The molecule has 1 heterocycles. The molecule has 0 radical (unpaired) electrons. The van der Waals surface area contributed by atoms with E-state index in [2.05, 4.69) is 84.7 Å². The Kier molecular flexibility index (Phi) is 5.68. The number of fused-ring (bicyclic) bond motifs is 1. The molecule has 0 saturated carbocycles. The largest absolute Gasteiger partial charge is 0.491 e.